The molecular weight excluding hydrogens is 437 g/mol. The number of amides is 1. The summed E-state index contributed by atoms with van der Waals surface area (Å²) in [6, 6.07) is 6.19. The number of rotatable bonds is 8. The van der Waals surface area contributed by atoms with E-state index in [0.29, 0.717) is 27.5 Å². The van der Waals surface area contributed by atoms with Gasteiger partial charge < -0.3 is 15.4 Å². The first-order chi connectivity index (χ1) is 15.1. The predicted molar refractivity (Wildman–Crippen MR) is 122 cm³/mol. The topological polar surface area (TPSA) is 79.4 Å². The molecule has 0 unspecified atom stereocenters. The third kappa shape index (κ3) is 6.15. The molecule has 168 valence electrons. The number of hydrogen-bond acceptors (Lipinski definition) is 8. The zero-order chi connectivity index (χ0) is 21.5. The van der Waals surface area contributed by atoms with Crippen LogP contribution in [0.1, 0.15) is 32.1 Å². The minimum atomic E-state index is -0.311. The van der Waals surface area contributed by atoms with Crippen molar-refractivity contribution < 1.29 is 13.9 Å². The molecule has 2 aliphatic rings. The zero-order valence-electron chi connectivity index (χ0n) is 17.4. The van der Waals surface area contributed by atoms with Crippen LogP contribution in [0.5, 0.6) is 0 Å². The second kappa shape index (κ2) is 10.7. The first kappa shape index (κ1) is 22.4. The van der Waals surface area contributed by atoms with E-state index in [2.05, 4.69) is 25.7 Å². The molecular formula is C21H28FN5O2S2. The molecule has 0 bridgehead atoms. The highest BCUT2D eigenvalue weighted by Gasteiger charge is 2.38. The van der Waals surface area contributed by atoms with Crippen LogP contribution in [0.15, 0.2) is 28.6 Å². The Morgan fingerprint density at radius 3 is 2.81 bits per heavy atom. The average molecular weight is 466 g/mol. The minimum absolute atomic E-state index is 0.0121. The number of nitrogens with one attached hydrogen (secondary N) is 2. The fourth-order valence-electron chi connectivity index (χ4n) is 4.30. The van der Waals surface area contributed by atoms with Crippen molar-refractivity contribution in [3.63, 3.8) is 0 Å². The second-order valence-corrected chi connectivity index (χ2v) is 10.2. The van der Waals surface area contributed by atoms with E-state index in [1.807, 2.05) is 0 Å². The Morgan fingerprint density at radius 1 is 1.23 bits per heavy atom. The third-order valence-electron chi connectivity index (χ3n) is 5.89. The van der Waals surface area contributed by atoms with Gasteiger partial charge in [0, 0.05) is 30.9 Å². The first-order valence-corrected chi connectivity index (χ1v) is 12.5. The number of morpholine rings is 1. The molecule has 1 aromatic carbocycles. The minimum Gasteiger partial charge on any atom is -0.379 e. The highest BCUT2D eigenvalue weighted by molar-refractivity contribution is 8.01. The van der Waals surface area contributed by atoms with Gasteiger partial charge in [0.05, 0.1) is 19.0 Å². The van der Waals surface area contributed by atoms with Crippen LogP contribution in [0, 0.1) is 5.82 Å². The van der Waals surface area contributed by atoms with Gasteiger partial charge in [0.1, 0.15) is 5.82 Å². The van der Waals surface area contributed by atoms with Crippen molar-refractivity contribution in [2.45, 2.75) is 42.0 Å². The number of halogens is 1. The monoisotopic (exact) mass is 465 g/mol. The lowest BCUT2D eigenvalue weighted by Crippen LogP contribution is -2.59. The Balaban J connectivity index is 1.26. The average Bonchev–Trinajstić information content (AvgIpc) is 3.25. The molecule has 10 heteroatoms. The van der Waals surface area contributed by atoms with Crippen LogP contribution in [0.25, 0.3) is 0 Å². The van der Waals surface area contributed by atoms with Crippen molar-refractivity contribution in [1.82, 2.24) is 20.4 Å². The van der Waals surface area contributed by atoms with Crippen molar-refractivity contribution in [3.8, 4) is 0 Å². The standard InChI is InChI=1S/C21H28FN5O2S2/c22-16-5-4-6-17(13-16)24-19-25-26-20(31-19)30-14-18(28)23-15-21(7-2-1-3-8-21)27-9-11-29-12-10-27/h4-6,13H,1-3,7-12,14-15H2,(H,23,28)(H,24,25). The van der Waals surface area contributed by atoms with E-state index < -0.39 is 0 Å². The largest absolute Gasteiger partial charge is 0.379 e. The molecule has 4 rings (SSSR count). The molecule has 0 atom stereocenters. The number of thioether (sulfide) groups is 1. The molecule has 1 aliphatic carbocycles. The summed E-state index contributed by atoms with van der Waals surface area (Å²) in [6.45, 7) is 4.12. The van der Waals surface area contributed by atoms with E-state index in [-0.39, 0.29) is 17.3 Å². The Bertz CT molecular complexity index is 869. The van der Waals surface area contributed by atoms with Crippen molar-refractivity contribution in [2.24, 2.45) is 0 Å². The molecule has 0 radical (unpaired) electrons. The van der Waals surface area contributed by atoms with Gasteiger partial charge in [-0.25, -0.2) is 4.39 Å². The lowest BCUT2D eigenvalue weighted by atomic mass is 9.79. The van der Waals surface area contributed by atoms with Crippen molar-refractivity contribution in [1.29, 1.82) is 0 Å². The highest BCUT2D eigenvalue weighted by Crippen LogP contribution is 2.34. The number of ether oxygens (including phenoxy) is 1. The Hall–Kier alpha value is -1.75. The van der Waals surface area contributed by atoms with Crippen LogP contribution >= 0.6 is 23.1 Å². The molecule has 7 nitrogen and oxygen atoms in total. The molecule has 1 saturated heterocycles. The van der Waals surface area contributed by atoms with Crippen LogP contribution < -0.4 is 10.6 Å². The summed E-state index contributed by atoms with van der Waals surface area (Å²) >= 11 is 2.72. The maximum absolute atomic E-state index is 13.3. The van der Waals surface area contributed by atoms with Crippen LogP contribution in [-0.2, 0) is 9.53 Å². The lowest BCUT2D eigenvalue weighted by Gasteiger charge is -2.48. The number of hydrogen-bond donors (Lipinski definition) is 2. The van der Waals surface area contributed by atoms with Crippen molar-refractivity contribution >= 4 is 39.8 Å². The number of aromatic nitrogens is 2. The zero-order valence-corrected chi connectivity index (χ0v) is 19.1. The van der Waals surface area contributed by atoms with E-state index >= 15 is 0 Å². The van der Waals surface area contributed by atoms with Crippen LogP contribution in [-0.4, -0.2) is 65.1 Å². The molecule has 2 N–H and O–H groups in total. The SMILES string of the molecule is O=C(CSc1nnc(Nc2cccc(F)c2)s1)NCC1(N2CCOCC2)CCCCC1. The van der Waals surface area contributed by atoms with E-state index in [1.54, 1.807) is 12.1 Å². The van der Waals surface area contributed by atoms with Gasteiger partial charge in [-0.2, -0.15) is 0 Å². The molecule has 31 heavy (non-hydrogen) atoms. The smallest absolute Gasteiger partial charge is 0.230 e. The fourth-order valence-corrected chi connectivity index (χ4v) is 5.90. The molecule has 0 spiro atoms. The molecule has 2 aromatic rings. The van der Waals surface area contributed by atoms with Gasteiger partial charge in [-0.05, 0) is 31.0 Å². The van der Waals surface area contributed by atoms with E-state index in [9.17, 15) is 9.18 Å². The lowest BCUT2D eigenvalue weighted by molar-refractivity contribution is -0.119. The second-order valence-electron chi connectivity index (χ2n) is 7.96. The molecule has 1 aliphatic heterocycles. The summed E-state index contributed by atoms with van der Waals surface area (Å²) in [5, 5.41) is 15.0. The van der Waals surface area contributed by atoms with Crippen LogP contribution in [0.3, 0.4) is 0 Å². The van der Waals surface area contributed by atoms with Gasteiger partial charge >= 0.3 is 0 Å². The van der Waals surface area contributed by atoms with Crippen molar-refractivity contribution in [2.75, 3.05) is 43.9 Å². The summed E-state index contributed by atoms with van der Waals surface area (Å²) < 4.78 is 19.5. The Kier molecular flexibility index (Phi) is 7.76. The number of benzene rings is 1. The quantitative estimate of drug-likeness (QED) is 0.576. The predicted octanol–water partition coefficient (Wildman–Crippen LogP) is 3.66. The maximum atomic E-state index is 13.3. The molecule has 1 aromatic heterocycles. The molecule has 2 heterocycles. The number of anilines is 2. The van der Waals surface area contributed by atoms with E-state index in [0.717, 1.165) is 39.1 Å². The Morgan fingerprint density at radius 2 is 2.03 bits per heavy atom. The summed E-state index contributed by atoms with van der Waals surface area (Å²) in [5.41, 5.74) is 0.680. The first-order valence-electron chi connectivity index (χ1n) is 10.7. The molecule has 1 amide bonds. The maximum Gasteiger partial charge on any atom is 0.230 e. The van der Waals surface area contributed by atoms with Gasteiger partial charge in [-0.15, -0.1) is 10.2 Å². The Labute approximate surface area is 190 Å². The van der Waals surface area contributed by atoms with Crippen LogP contribution in [0.4, 0.5) is 15.2 Å². The number of carbonyl (C=O) groups excluding carboxylic acids is 1. The van der Waals surface area contributed by atoms with Gasteiger partial charge in [-0.3, -0.25) is 9.69 Å². The summed E-state index contributed by atoms with van der Waals surface area (Å²) in [4.78, 5) is 15.1. The summed E-state index contributed by atoms with van der Waals surface area (Å²) in [7, 11) is 0. The normalized spacial score (nSPS) is 19.1. The molecule has 1 saturated carbocycles. The van der Waals surface area contributed by atoms with Gasteiger partial charge in [0.25, 0.3) is 0 Å². The summed E-state index contributed by atoms with van der Waals surface area (Å²) in [5.74, 6) is -0.00000459. The van der Waals surface area contributed by atoms with Gasteiger partial charge in [0.2, 0.25) is 11.0 Å². The van der Waals surface area contributed by atoms with E-state index in [4.69, 9.17) is 4.74 Å². The third-order valence-corrected chi connectivity index (χ3v) is 7.86. The van der Waals surface area contributed by atoms with Gasteiger partial charge in [0.15, 0.2) is 4.34 Å². The highest BCUT2D eigenvalue weighted by atomic mass is 32.2. The number of carbonyl (C=O) groups is 1. The molecule has 2 fully saturated rings. The van der Waals surface area contributed by atoms with Crippen LogP contribution in [0.2, 0.25) is 0 Å². The summed E-state index contributed by atoms with van der Waals surface area (Å²) in [6.07, 6.45) is 5.97. The van der Waals surface area contributed by atoms with Crippen molar-refractivity contribution in [3.05, 3.63) is 30.1 Å². The van der Waals surface area contributed by atoms with E-state index in [1.165, 1.54) is 54.5 Å². The fraction of sp³-hybridized carbons (Fsp3) is 0.571. The van der Waals surface area contributed by atoms with Gasteiger partial charge in [-0.1, -0.05) is 48.4 Å². The number of nitrogens with zero attached hydrogens (tertiary/aromatic N) is 3.